The van der Waals surface area contributed by atoms with Gasteiger partial charge in [0.2, 0.25) is 0 Å². The zero-order valence-corrected chi connectivity index (χ0v) is 18.6. The van der Waals surface area contributed by atoms with Gasteiger partial charge < -0.3 is 0 Å². The van der Waals surface area contributed by atoms with Crippen LogP contribution in [-0.4, -0.2) is 29.4 Å². The van der Waals surface area contributed by atoms with Crippen LogP contribution >= 0.6 is 27.7 Å². The molecular weight excluding hydrogens is 470 g/mol. The number of rotatable bonds is 5. The zero-order valence-electron chi connectivity index (χ0n) is 15.4. The Morgan fingerprint density at radius 1 is 1.00 bits per heavy atom. The third-order valence-electron chi connectivity index (χ3n) is 4.19. The summed E-state index contributed by atoms with van der Waals surface area (Å²) in [4.78, 5) is 6.49. The third kappa shape index (κ3) is 4.60. The van der Waals surface area contributed by atoms with Gasteiger partial charge in [0, 0.05) is 33.6 Å². The summed E-state index contributed by atoms with van der Waals surface area (Å²) in [7, 11) is -3.25. The maximum atomic E-state index is 11.8. The first-order valence-electron chi connectivity index (χ1n) is 8.64. The van der Waals surface area contributed by atoms with E-state index in [0.717, 1.165) is 31.2 Å². The van der Waals surface area contributed by atoms with Gasteiger partial charge in [-0.1, -0.05) is 39.8 Å². The highest BCUT2D eigenvalue weighted by Crippen LogP contribution is 2.36. The number of hydrogen-bond acceptors (Lipinski definition) is 5. The van der Waals surface area contributed by atoms with Gasteiger partial charge in [0.15, 0.2) is 9.84 Å². The summed E-state index contributed by atoms with van der Waals surface area (Å²) in [5.41, 5.74) is 2.48. The molecule has 29 heavy (non-hydrogen) atoms. The summed E-state index contributed by atoms with van der Waals surface area (Å²) in [5.74, 6) is 0. The van der Waals surface area contributed by atoms with Crippen molar-refractivity contribution >= 4 is 37.5 Å². The summed E-state index contributed by atoms with van der Waals surface area (Å²) in [6, 6.07) is 18.7. The van der Waals surface area contributed by atoms with Crippen molar-refractivity contribution in [3.05, 3.63) is 83.7 Å². The minimum atomic E-state index is -3.25. The van der Waals surface area contributed by atoms with E-state index in [-0.39, 0.29) is 4.90 Å². The molecule has 0 spiro atoms. The SMILES string of the molecule is CS(=O)(=O)c1ccc(-c2nn(-c3cccnc3)cc2Sc2ccc(Br)cc2)cc1. The van der Waals surface area contributed by atoms with Crippen LogP contribution < -0.4 is 0 Å². The van der Waals surface area contributed by atoms with Crippen molar-refractivity contribution < 1.29 is 8.42 Å². The van der Waals surface area contributed by atoms with Crippen LogP contribution in [0.15, 0.2) is 98.4 Å². The Labute approximate surface area is 181 Å². The highest BCUT2D eigenvalue weighted by Gasteiger charge is 2.15. The Balaban J connectivity index is 1.78. The molecule has 2 aromatic heterocycles. The van der Waals surface area contributed by atoms with Crippen molar-refractivity contribution in [2.24, 2.45) is 0 Å². The number of sulfone groups is 1. The largest absolute Gasteiger partial charge is 0.262 e. The molecular formula is C21H16BrN3O2S2. The number of halogens is 1. The maximum absolute atomic E-state index is 11.8. The molecule has 8 heteroatoms. The summed E-state index contributed by atoms with van der Waals surface area (Å²) in [6.07, 6.45) is 6.63. The molecule has 5 nitrogen and oxygen atoms in total. The summed E-state index contributed by atoms with van der Waals surface area (Å²) in [5, 5.41) is 4.75. The van der Waals surface area contributed by atoms with Gasteiger partial charge in [0.05, 0.1) is 21.7 Å². The molecule has 0 amide bonds. The lowest BCUT2D eigenvalue weighted by Crippen LogP contribution is -1.97. The minimum Gasteiger partial charge on any atom is -0.262 e. The molecule has 0 atom stereocenters. The molecule has 0 bridgehead atoms. The van der Waals surface area contributed by atoms with Crippen molar-refractivity contribution in [1.82, 2.24) is 14.8 Å². The van der Waals surface area contributed by atoms with Crippen molar-refractivity contribution in [2.45, 2.75) is 14.7 Å². The van der Waals surface area contributed by atoms with Crippen LogP contribution in [0.2, 0.25) is 0 Å². The second kappa shape index (κ2) is 8.14. The van der Waals surface area contributed by atoms with Gasteiger partial charge in [-0.3, -0.25) is 4.98 Å². The normalized spacial score (nSPS) is 11.5. The van der Waals surface area contributed by atoms with Crippen LogP contribution in [-0.2, 0) is 9.84 Å². The van der Waals surface area contributed by atoms with E-state index < -0.39 is 9.84 Å². The topological polar surface area (TPSA) is 64.8 Å². The van der Waals surface area contributed by atoms with E-state index >= 15 is 0 Å². The highest BCUT2D eigenvalue weighted by molar-refractivity contribution is 9.10. The van der Waals surface area contributed by atoms with Crippen molar-refractivity contribution in [1.29, 1.82) is 0 Å². The molecule has 0 aliphatic carbocycles. The van der Waals surface area contributed by atoms with Crippen LogP contribution in [0.4, 0.5) is 0 Å². The van der Waals surface area contributed by atoms with Crippen LogP contribution in [0, 0.1) is 0 Å². The van der Waals surface area contributed by atoms with Crippen LogP contribution in [0.1, 0.15) is 0 Å². The standard InChI is InChI=1S/C21H16BrN3O2S2/c1-29(26,27)19-10-4-15(5-11-19)21-20(28-18-8-6-16(22)7-9-18)14-25(24-21)17-3-2-12-23-13-17/h2-14H,1H3. The van der Waals surface area contributed by atoms with Crippen molar-refractivity contribution in [2.75, 3.05) is 6.26 Å². The molecule has 146 valence electrons. The summed E-state index contributed by atoms with van der Waals surface area (Å²) >= 11 is 5.06. The lowest BCUT2D eigenvalue weighted by Gasteiger charge is -2.04. The molecule has 0 unspecified atom stereocenters. The molecule has 0 radical (unpaired) electrons. The molecule has 2 heterocycles. The van der Waals surface area contributed by atoms with Gasteiger partial charge in [0.25, 0.3) is 0 Å². The Hall–Kier alpha value is -2.42. The predicted octanol–water partition coefficient (Wildman–Crippen LogP) is 5.25. The van der Waals surface area contributed by atoms with E-state index in [0.29, 0.717) is 0 Å². The molecule has 0 N–H and O–H groups in total. The lowest BCUT2D eigenvalue weighted by molar-refractivity contribution is 0.602. The second-order valence-corrected chi connectivity index (χ2v) is 10.4. The summed E-state index contributed by atoms with van der Waals surface area (Å²) < 4.78 is 26.3. The monoisotopic (exact) mass is 485 g/mol. The molecule has 4 aromatic rings. The van der Waals surface area contributed by atoms with Crippen LogP contribution in [0.5, 0.6) is 0 Å². The van der Waals surface area contributed by atoms with Gasteiger partial charge in [-0.05, 0) is 48.5 Å². The molecule has 0 saturated heterocycles. The van der Waals surface area contributed by atoms with Crippen LogP contribution in [0.25, 0.3) is 16.9 Å². The Morgan fingerprint density at radius 3 is 2.34 bits per heavy atom. The van der Waals surface area contributed by atoms with Gasteiger partial charge in [-0.25, -0.2) is 13.1 Å². The Morgan fingerprint density at radius 2 is 1.72 bits per heavy atom. The van der Waals surface area contributed by atoms with Crippen molar-refractivity contribution in [3.63, 3.8) is 0 Å². The Kier molecular flexibility index (Phi) is 5.58. The number of pyridine rings is 1. The maximum Gasteiger partial charge on any atom is 0.175 e. The van der Waals surface area contributed by atoms with E-state index in [4.69, 9.17) is 5.10 Å². The van der Waals surface area contributed by atoms with E-state index in [9.17, 15) is 8.42 Å². The third-order valence-corrected chi connectivity index (χ3v) is 6.87. The Bertz CT molecular complexity index is 1240. The summed E-state index contributed by atoms with van der Waals surface area (Å²) in [6.45, 7) is 0. The first-order chi connectivity index (χ1) is 13.9. The van der Waals surface area contributed by atoms with Gasteiger partial charge in [-0.15, -0.1) is 0 Å². The van der Waals surface area contributed by atoms with E-state index in [2.05, 4.69) is 20.9 Å². The van der Waals surface area contributed by atoms with E-state index in [1.807, 2.05) is 42.6 Å². The second-order valence-electron chi connectivity index (χ2n) is 6.35. The molecule has 0 aliphatic rings. The molecule has 2 aromatic carbocycles. The highest BCUT2D eigenvalue weighted by atomic mass is 79.9. The minimum absolute atomic E-state index is 0.287. The van der Waals surface area contributed by atoms with Crippen LogP contribution in [0.3, 0.4) is 0 Å². The molecule has 0 fully saturated rings. The molecule has 4 rings (SSSR count). The number of aromatic nitrogens is 3. The van der Waals surface area contributed by atoms with Crippen molar-refractivity contribution in [3.8, 4) is 16.9 Å². The number of benzene rings is 2. The first-order valence-corrected chi connectivity index (χ1v) is 12.1. The fraction of sp³-hybridized carbons (Fsp3) is 0.0476. The number of hydrogen-bond donors (Lipinski definition) is 0. The smallest absolute Gasteiger partial charge is 0.175 e. The lowest BCUT2D eigenvalue weighted by atomic mass is 10.2. The van der Waals surface area contributed by atoms with Gasteiger partial charge >= 0.3 is 0 Å². The van der Waals surface area contributed by atoms with Gasteiger partial charge in [-0.2, -0.15) is 5.10 Å². The fourth-order valence-electron chi connectivity index (χ4n) is 2.74. The van der Waals surface area contributed by atoms with Gasteiger partial charge in [0.1, 0.15) is 5.69 Å². The predicted molar refractivity (Wildman–Crippen MR) is 118 cm³/mol. The average molecular weight is 486 g/mol. The molecule has 0 saturated carbocycles. The fourth-order valence-corrected chi connectivity index (χ4v) is 4.57. The average Bonchev–Trinajstić information content (AvgIpc) is 3.14. The molecule has 0 aliphatic heterocycles. The zero-order chi connectivity index (χ0) is 20.4. The van der Waals surface area contributed by atoms with E-state index in [1.165, 1.54) is 6.26 Å². The quantitative estimate of drug-likeness (QED) is 0.386. The first kappa shape index (κ1) is 19.9. The van der Waals surface area contributed by atoms with E-state index in [1.54, 1.807) is 53.1 Å². The number of nitrogens with zero attached hydrogens (tertiary/aromatic N) is 3.